The summed E-state index contributed by atoms with van der Waals surface area (Å²) in [4.78, 5) is 13.6. The lowest BCUT2D eigenvalue weighted by Gasteiger charge is -2.05. The first kappa shape index (κ1) is 8.83. The summed E-state index contributed by atoms with van der Waals surface area (Å²) in [5, 5.41) is 0. The highest BCUT2D eigenvalue weighted by Crippen LogP contribution is 2.29. The van der Waals surface area contributed by atoms with Crippen LogP contribution in [0.2, 0.25) is 0 Å². The van der Waals surface area contributed by atoms with E-state index >= 15 is 0 Å². The van der Waals surface area contributed by atoms with Crippen LogP contribution in [0.25, 0.3) is 0 Å². The molecule has 0 amide bonds. The Bertz CT molecular complexity index is 301. The van der Waals surface area contributed by atoms with E-state index in [0.29, 0.717) is 13.2 Å². The predicted octanol–water partition coefficient (Wildman–Crippen LogP) is 1.91. The van der Waals surface area contributed by atoms with E-state index in [-0.39, 0.29) is 11.6 Å². The minimum Gasteiger partial charge on any atom is -0.432 e. The van der Waals surface area contributed by atoms with Crippen LogP contribution in [0.15, 0.2) is 4.42 Å². The van der Waals surface area contributed by atoms with E-state index in [9.17, 15) is 13.6 Å². The third kappa shape index (κ3) is 1.49. The van der Waals surface area contributed by atoms with Gasteiger partial charge in [-0.25, -0.2) is 4.98 Å². The first-order valence-electron chi connectivity index (χ1n) is 3.26. The van der Waals surface area contributed by atoms with Crippen LogP contribution in [-0.2, 0) is 5.92 Å². The van der Waals surface area contributed by atoms with Gasteiger partial charge in [-0.15, -0.1) is 0 Å². The van der Waals surface area contributed by atoms with Crippen LogP contribution in [-0.4, -0.2) is 11.3 Å². The number of hydrogen-bond donors (Lipinski definition) is 0. The summed E-state index contributed by atoms with van der Waals surface area (Å²) in [7, 11) is 0. The number of hydrogen-bond acceptors (Lipinski definition) is 3. The van der Waals surface area contributed by atoms with Crippen molar-refractivity contribution in [3.05, 3.63) is 17.3 Å². The van der Waals surface area contributed by atoms with Gasteiger partial charge in [0.15, 0.2) is 5.76 Å². The molecular formula is C7H7F2NO2. The van der Waals surface area contributed by atoms with Gasteiger partial charge in [0.25, 0.3) is 5.89 Å². The zero-order valence-corrected chi connectivity index (χ0v) is 6.60. The van der Waals surface area contributed by atoms with Gasteiger partial charge in [0.05, 0.1) is 5.69 Å². The Morgan fingerprint density at radius 1 is 1.58 bits per heavy atom. The molecule has 12 heavy (non-hydrogen) atoms. The molecule has 0 bridgehead atoms. The smallest absolute Gasteiger partial charge is 0.303 e. The lowest BCUT2D eigenvalue weighted by Crippen LogP contribution is -2.06. The Balaban J connectivity index is 3.16. The second kappa shape index (κ2) is 2.66. The van der Waals surface area contributed by atoms with Crippen LogP contribution in [0, 0.1) is 6.92 Å². The number of carbonyl (C=O) groups is 1. The molecule has 0 radical (unpaired) electrons. The van der Waals surface area contributed by atoms with Crippen molar-refractivity contribution in [1.29, 1.82) is 0 Å². The summed E-state index contributed by atoms with van der Waals surface area (Å²) in [5.41, 5.74) is 0.0459. The molecule has 0 aliphatic heterocycles. The first-order chi connectivity index (χ1) is 5.45. The molecule has 66 valence electrons. The molecule has 1 aromatic heterocycles. The first-order valence-corrected chi connectivity index (χ1v) is 3.26. The molecule has 1 heterocycles. The van der Waals surface area contributed by atoms with Crippen molar-refractivity contribution < 1.29 is 18.0 Å². The minimum atomic E-state index is -3.08. The molecule has 1 aromatic rings. The Morgan fingerprint density at radius 2 is 2.17 bits per heavy atom. The number of oxazole rings is 1. The summed E-state index contributed by atoms with van der Waals surface area (Å²) < 4.78 is 29.7. The molecule has 0 aromatic carbocycles. The number of nitrogens with zero attached hydrogens (tertiary/aromatic N) is 1. The van der Waals surface area contributed by atoms with Gasteiger partial charge in [0.1, 0.15) is 0 Å². The van der Waals surface area contributed by atoms with Gasteiger partial charge >= 0.3 is 5.92 Å². The molecule has 0 aliphatic rings. The Morgan fingerprint density at radius 3 is 2.42 bits per heavy atom. The molecule has 0 unspecified atom stereocenters. The van der Waals surface area contributed by atoms with Crippen LogP contribution in [0.5, 0.6) is 0 Å². The predicted molar refractivity (Wildman–Crippen MR) is 36.2 cm³/mol. The second-order valence-electron chi connectivity index (χ2n) is 2.47. The second-order valence-corrected chi connectivity index (χ2v) is 2.47. The molecule has 0 N–H and O–H groups in total. The zero-order chi connectivity index (χ0) is 9.35. The number of aromatic nitrogens is 1. The van der Waals surface area contributed by atoms with E-state index in [1.807, 2.05) is 0 Å². The standard InChI is InChI=1S/C7H7F2NO2/c1-4-6(7(2,8)9)12-5(3-11)10-4/h3H,1-2H3. The Kier molecular flexibility index (Phi) is 1.95. The number of carbonyl (C=O) groups excluding carboxylic acids is 1. The summed E-state index contributed by atoms with van der Waals surface area (Å²) >= 11 is 0. The largest absolute Gasteiger partial charge is 0.432 e. The Labute approximate surface area is 67.4 Å². The average molecular weight is 175 g/mol. The number of aryl methyl sites for hydroxylation is 1. The number of aldehydes is 1. The van der Waals surface area contributed by atoms with E-state index in [1.54, 1.807) is 0 Å². The molecule has 1 rings (SSSR count). The van der Waals surface area contributed by atoms with Crippen molar-refractivity contribution in [2.45, 2.75) is 19.8 Å². The maximum absolute atomic E-state index is 12.6. The van der Waals surface area contributed by atoms with E-state index in [4.69, 9.17) is 0 Å². The summed E-state index contributed by atoms with van der Waals surface area (Å²) in [5.74, 6) is -3.95. The average Bonchev–Trinajstić information content (AvgIpc) is 2.29. The monoisotopic (exact) mass is 175 g/mol. The van der Waals surface area contributed by atoms with Crippen molar-refractivity contribution in [1.82, 2.24) is 4.98 Å². The van der Waals surface area contributed by atoms with Gasteiger partial charge < -0.3 is 4.42 Å². The van der Waals surface area contributed by atoms with Gasteiger partial charge in [-0.05, 0) is 6.92 Å². The van der Waals surface area contributed by atoms with Gasteiger partial charge in [0.2, 0.25) is 6.29 Å². The quantitative estimate of drug-likeness (QED) is 0.645. The van der Waals surface area contributed by atoms with Crippen LogP contribution < -0.4 is 0 Å². The van der Waals surface area contributed by atoms with Gasteiger partial charge in [0, 0.05) is 6.92 Å². The third-order valence-electron chi connectivity index (χ3n) is 1.31. The van der Waals surface area contributed by atoms with Crippen LogP contribution in [0.4, 0.5) is 8.78 Å². The maximum atomic E-state index is 12.6. The summed E-state index contributed by atoms with van der Waals surface area (Å²) in [6.07, 6.45) is 0.294. The minimum absolute atomic E-state index is 0.0459. The highest BCUT2D eigenvalue weighted by molar-refractivity contribution is 5.67. The fraction of sp³-hybridized carbons (Fsp3) is 0.429. The number of rotatable bonds is 2. The van der Waals surface area contributed by atoms with Crippen molar-refractivity contribution in [3.8, 4) is 0 Å². The molecule has 0 saturated heterocycles. The van der Waals surface area contributed by atoms with Gasteiger partial charge in [-0.2, -0.15) is 8.78 Å². The highest BCUT2D eigenvalue weighted by Gasteiger charge is 2.32. The molecule has 0 spiro atoms. The number of halogens is 2. The zero-order valence-electron chi connectivity index (χ0n) is 6.60. The lowest BCUT2D eigenvalue weighted by atomic mass is 10.2. The maximum Gasteiger partial charge on any atom is 0.303 e. The van der Waals surface area contributed by atoms with E-state index in [0.717, 1.165) is 0 Å². The van der Waals surface area contributed by atoms with Gasteiger partial charge in [-0.3, -0.25) is 4.79 Å². The van der Waals surface area contributed by atoms with Crippen molar-refractivity contribution in [3.63, 3.8) is 0 Å². The van der Waals surface area contributed by atoms with Crippen molar-refractivity contribution >= 4 is 6.29 Å². The van der Waals surface area contributed by atoms with E-state index in [1.165, 1.54) is 6.92 Å². The topological polar surface area (TPSA) is 43.1 Å². The summed E-state index contributed by atoms with van der Waals surface area (Å²) in [6.45, 7) is 2.05. The third-order valence-corrected chi connectivity index (χ3v) is 1.31. The van der Waals surface area contributed by atoms with E-state index in [2.05, 4.69) is 9.40 Å². The van der Waals surface area contributed by atoms with Crippen LogP contribution in [0.3, 0.4) is 0 Å². The van der Waals surface area contributed by atoms with E-state index < -0.39 is 11.7 Å². The number of alkyl halides is 2. The molecular weight excluding hydrogens is 168 g/mol. The summed E-state index contributed by atoms with van der Waals surface area (Å²) in [6, 6.07) is 0. The van der Waals surface area contributed by atoms with Crippen LogP contribution >= 0.6 is 0 Å². The molecule has 3 nitrogen and oxygen atoms in total. The fourth-order valence-corrected chi connectivity index (χ4v) is 0.875. The van der Waals surface area contributed by atoms with Crippen molar-refractivity contribution in [2.24, 2.45) is 0 Å². The Hall–Kier alpha value is -1.26. The SMILES string of the molecule is Cc1nc(C=O)oc1C(C)(F)F. The van der Waals surface area contributed by atoms with Gasteiger partial charge in [-0.1, -0.05) is 0 Å². The highest BCUT2D eigenvalue weighted by atomic mass is 19.3. The normalized spacial score (nSPS) is 11.7. The van der Waals surface area contributed by atoms with Crippen molar-refractivity contribution in [2.75, 3.05) is 0 Å². The fourth-order valence-electron chi connectivity index (χ4n) is 0.875. The molecule has 5 heteroatoms. The van der Waals surface area contributed by atoms with Crippen LogP contribution in [0.1, 0.15) is 29.1 Å². The molecule has 0 fully saturated rings. The molecule has 0 saturated carbocycles. The lowest BCUT2D eigenvalue weighted by molar-refractivity contribution is -0.00650. The molecule has 0 aliphatic carbocycles. The molecule has 0 atom stereocenters.